The van der Waals surface area contributed by atoms with Crippen molar-refractivity contribution in [3.05, 3.63) is 29.3 Å². The molecule has 1 spiro atoms. The number of esters is 1. The van der Waals surface area contributed by atoms with Gasteiger partial charge in [-0.1, -0.05) is 27.5 Å². The number of amides is 2. The molecule has 8 nitrogen and oxygen atoms in total. The molecule has 1 aromatic carbocycles. The van der Waals surface area contributed by atoms with Crippen molar-refractivity contribution in [2.24, 2.45) is 11.8 Å². The summed E-state index contributed by atoms with van der Waals surface area (Å²) in [7, 11) is 0. The third-order valence-electron chi connectivity index (χ3n) is 6.27. The highest BCUT2D eigenvalue weighted by Gasteiger charge is 2.76. The van der Waals surface area contributed by atoms with E-state index in [2.05, 4.69) is 21.2 Å². The van der Waals surface area contributed by atoms with Crippen molar-refractivity contribution >= 4 is 51.0 Å². The molecule has 10 heteroatoms. The smallest absolute Gasteiger partial charge is 0.312 e. The molecule has 6 atom stereocenters. The normalized spacial score (nSPS) is 33.5. The predicted molar refractivity (Wildman–Crippen MR) is 116 cm³/mol. The first-order valence-electron chi connectivity index (χ1n) is 10.3. The summed E-state index contributed by atoms with van der Waals surface area (Å²) in [5, 5.41) is 12.7. The minimum atomic E-state index is -1.14. The lowest BCUT2D eigenvalue weighted by atomic mass is 9.70. The fourth-order valence-corrected chi connectivity index (χ4v) is 6.23. The Morgan fingerprint density at radius 1 is 1.39 bits per heavy atom. The molecule has 0 radical (unpaired) electrons. The number of carbonyl (C=O) groups is 3. The average molecular weight is 516 g/mol. The second kappa shape index (κ2) is 8.69. The van der Waals surface area contributed by atoms with Crippen LogP contribution in [0.15, 0.2) is 24.3 Å². The zero-order valence-electron chi connectivity index (χ0n) is 16.9. The number of hydrogen-bond acceptors (Lipinski definition) is 6. The van der Waals surface area contributed by atoms with Crippen molar-refractivity contribution in [1.29, 1.82) is 0 Å². The summed E-state index contributed by atoms with van der Waals surface area (Å²) >= 11 is 9.51. The van der Waals surface area contributed by atoms with Crippen LogP contribution in [0, 0.1) is 11.8 Å². The number of fused-ring (bicyclic) bond motifs is 1. The third kappa shape index (κ3) is 3.65. The fraction of sp³-hybridized carbons (Fsp3) is 0.571. The van der Waals surface area contributed by atoms with E-state index in [1.165, 1.54) is 4.90 Å². The van der Waals surface area contributed by atoms with Gasteiger partial charge in [0.15, 0.2) is 0 Å². The lowest BCUT2D eigenvalue weighted by Crippen LogP contribution is -2.54. The second-order valence-corrected chi connectivity index (χ2v) is 9.63. The van der Waals surface area contributed by atoms with Gasteiger partial charge >= 0.3 is 5.97 Å². The highest BCUT2D eigenvalue weighted by molar-refractivity contribution is 9.09. The van der Waals surface area contributed by atoms with Crippen molar-refractivity contribution in [1.82, 2.24) is 4.90 Å². The van der Waals surface area contributed by atoms with Gasteiger partial charge in [-0.2, -0.15) is 0 Å². The summed E-state index contributed by atoms with van der Waals surface area (Å²) < 4.78 is 11.5. The maximum Gasteiger partial charge on any atom is 0.312 e. The monoisotopic (exact) mass is 514 g/mol. The molecule has 0 aliphatic carbocycles. The molecule has 1 unspecified atom stereocenters. The van der Waals surface area contributed by atoms with Crippen LogP contribution in [0.4, 0.5) is 5.69 Å². The number of hydrogen-bond donors (Lipinski definition) is 2. The van der Waals surface area contributed by atoms with Crippen molar-refractivity contribution in [2.75, 3.05) is 25.1 Å². The summed E-state index contributed by atoms with van der Waals surface area (Å²) in [6.07, 6.45) is 0.182. The summed E-state index contributed by atoms with van der Waals surface area (Å²) in [5.74, 6) is -2.79. The minimum absolute atomic E-state index is 0.126. The summed E-state index contributed by atoms with van der Waals surface area (Å²) in [6, 6.07) is 5.73. The van der Waals surface area contributed by atoms with Gasteiger partial charge in [-0.25, -0.2) is 0 Å². The fourth-order valence-electron chi connectivity index (χ4n) is 5.16. The van der Waals surface area contributed by atoms with Crippen LogP contribution in [0.5, 0.6) is 0 Å². The van der Waals surface area contributed by atoms with Gasteiger partial charge in [-0.05, 0) is 44.0 Å². The molecule has 2 N–H and O–H groups in total. The number of nitrogens with one attached hydrogen (secondary N) is 1. The number of alkyl halides is 1. The Hall–Kier alpha value is -1.68. The minimum Gasteiger partial charge on any atom is -0.466 e. The Bertz CT molecular complexity index is 883. The number of halogens is 2. The van der Waals surface area contributed by atoms with E-state index >= 15 is 0 Å². The molecule has 0 aromatic heterocycles. The number of benzene rings is 1. The van der Waals surface area contributed by atoms with E-state index in [-0.39, 0.29) is 30.5 Å². The highest BCUT2D eigenvalue weighted by atomic mass is 79.9. The van der Waals surface area contributed by atoms with Crippen LogP contribution in [-0.4, -0.2) is 70.1 Å². The van der Waals surface area contributed by atoms with E-state index in [0.29, 0.717) is 23.6 Å². The van der Waals surface area contributed by atoms with Crippen LogP contribution in [-0.2, 0) is 23.9 Å². The molecule has 31 heavy (non-hydrogen) atoms. The van der Waals surface area contributed by atoms with Crippen LogP contribution < -0.4 is 5.32 Å². The van der Waals surface area contributed by atoms with E-state index in [1.54, 1.807) is 31.2 Å². The van der Waals surface area contributed by atoms with E-state index in [1.807, 2.05) is 0 Å². The van der Waals surface area contributed by atoms with Crippen molar-refractivity contribution in [2.45, 2.75) is 42.3 Å². The van der Waals surface area contributed by atoms with Gasteiger partial charge in [-0.15, -0.1) is 0 Å². The number of aliphatic hydroxyl groups is 1. The molecule has 2 amide bonds. The number of nitrogens with zero attached hydrogens (tertiary/aromatic N) is 1. The molecule has 3 fully saturated rings. The number of anilines is 1. The Morgan fingerprint density at radius 2 is 2.10 bits per heavy atom. The van der Waals surface area contributed by atoms with Crippen molar-refractivity contribution in [3.8, 4) is 0 Å². The maximum atomic E-state index is 13.5. The van der Waals surface area contributed by atoms with Gasteiger partial charge in [0.05, 0.1) is 24.5 Å². The predicted octanol–water partition coefficient (Wildman–Crippen LogP) is 1.97. The summed E-state index contributed by atoms with van der Waals surface area (Å²) in [6.45, 7) is 1.96. The Labute approximate surface area is 193 Å². The first-order chi connectivity index (χ1) is 14.8. The molecule has 3 saturated heterocycles. The number of rotatable bonds is 7. The van der Waals surface area contributed by atoms with Crippen LogP contribution >= 0.6 is 27.5 Å². The SMILES string of the molecule is CCOC(=O)[C@@H]1[C@H]2O[C@@]3(CC2Br)[C@H](C(=O)Nc2ccc(Cl)cc2)N(CCCO)C(=O)[C@@H]13. The number of ether oxygens (including phenoxy) is 2. The Balaban J connectivity index is 1.70. The maximum absolute atomic E-state index is 13.5. The molecular formula is C21H24BrClN2O6. The van der Waals surface area contributed by atoms with Gasteiger partial charge in [-0.3, -0.25) is 14.4 Å². The van der Waals surface area contributed by atoms with Gasteiger partial charge in [0.1, 0.15) is 11.6 Å². The quantitative estimate of drug-likeness (QED) is 0.425. The molecule has 3 heterocycles. The van der Waals surface area contributed by atoms with Gasteiger partial charge in [0.2, 0.25) is 11.8 Å². The zero-order valence-corrected chi connectivity index (χ0v) is 19.3. The van der Waals surface area contributed by atoms with Gasteiger partial charge < -0.3 is 24.8 Å². The molecular weight excluding hydrogens is 492 g/mol. The largest absolute Gasteiger partial charge is 0.466 e. The van der Waals surface area contributed by atoms with Crippen LogP contribution in [0.1, 0.15) is 19.8 Å². The topological polar surface area (TPSA) is 105 Å². The molecule has 168 valence electrons. The molecule has 3 aliphatic rings. The van der Waals surface area contributed by atoms with Crippen LogP contribution in [0.3, 0.4) is 0 Å². The van der Waals surface area contributed by atoms with E-state index < -0.39 is 41.5 Å². The molecule has 1 aromatic rings. The first kappa shape index (κ1) is 22.5. The molecule has 3 aliphatic heterocycles. The van der Waals surface area contributed by atoms with Crippen molar-refractivity contribution < 1.29 is 29.0 Å². The van der Waals surface area contributed by atoms with E-state index in [9.17, 15) is 19.5 Å². The van der Waals surface area contributed by atoms with E-state index in [0.717, 1.165) is 0 Å². The summed E-state index contributed by atoms with van der Waals surface area (Å²) in [5.41, 5.74) is -0.604. The van der Waals surface area contributed by atoms with Crippen LogP contribution in [0.2, 0.25) is 5.02 Å². The lowest BCUT2D eigenvalue weighted by Gasteiger charge is -2.34. The van der Waals surface area contributed by atoms with Crippen molar-refractivity contribution in [3.63, 3.8) is 0 Å². The highest BCUT2D eigenvalue weighted by Crippen LogP contribution is 2.60. The molecule has 2 bridgehead atoms. The Morgan fingerprint density at radius 3 is 2.74 bits per heavy atom. The lowest BCUT2D eigenvalue weighted by molar-refractivity contribution is -0.154. The van der Waals surface area contributed by atoms with Crippen LogP contribution in [0.25, 0.3) is 0 Å². The number of carbonyl (C=O) groups excluding carboxylic acids is 3. The Kier molecular flexibility index (Phi) is 6.31. The second-order valence-electron chi connectivity index (χ2n) is 8.02. The van der Waals surface area contributed by atoms with E-state index in [4.69, 9.17) is 21.1 Å². The zero-order chi connectivity index (χ0) is 22.3. The number of likely N-dealkylation sites (tertiary alicyclic amines) is 1. The average Bonchev–Trinajstić information content (AvgIpc) is 3.32. The first-order valence-corrected chi connectivity index (χ1v) is 11.6. The summed E-state index contributed by atoms with van der Waals surface area (Å²) in [4.78, 5) is 40.9. The molecule has 0 saturated carbocycles. The van der Waals surface area contributed by atoms with Gasteiger partial charge in [0.25, 0.3) is 0 Å². The van der Waals surface area contributed by atoms with Gasteiger partial charge in [0, 0.05) is 28.7 Å². The molecule has 4 rings (SSSR count). The third-order valence-corrected chi connectivity index (χ3v) is 7.36. The standard InChI is InChI=1S/C21H24BrClN2O6/c1-2-30-20(29)14-15-19(28)25(8-3-9-26)17(21(15)10-13(22)16(14)31-21)18(27)24-12-6-4-11(23)5-7-12/h4-7,13-17,26H,2-3,8-10H2,1H3,(H,24,27)/t13?,14-,15+,16-,17-,21+/m0/s1. The number of aliphatic hydroxyl groups excluding tert-OH is 1.